The summed E-state index contributed by atoms with van der Waals surface area (Å²) < 4.78 is 0. The zero-order valence-electron chi connectivity index (χ0n) is 11.6. The van der Waals surface area contributed by atoms with Crippen LogP contribution in [0.25, 0.3) is 0 Å². The maximum atomic E-state index is 11.9. The summed E-state index contributed by atoms with van der Waals surface area (Å²) in [6, 6.07) is 1.95. The van der Waals surface area contributed by atoms with Gasteiger partial charge in [-0.3, -0.25) is 4.79 Å². The molecule has 1 rings (SSSR count). The molecule has 0 radical (unpaired) electrons. The van der Waals surface area contributed by atoms with Crippen molar-refractivity contribution in [2.24, 2.45) is 5.92 Å². The fourth-order valence-corrected chi connectivity index (χ4v) is 2.94. The molecular formula is C14H23NO2S. The Morgan fingerprint density at radius 3 is 2.67 bits per heavy atom. The molecule has 102 valence electrons. The average Bonchev–Trinajstić information content (AvgIpc) is 2.66. The molecule has 0 bridgehead atoms. The van der Waals surface area contributed by atoms with Crippen LogP contribution in [0.3, 0.4) is 0 Å². The van der Waals surface area contributed by atoms with E-state index in [0.717, 1.165) is 11.3 Å². The number of aryl methyl sites for hydroxylation is 2. The molecule has 2 N–H and O–H groups in total. The number of aliphatic hydroxyl groups excluding tert-OH is 1. The Morgan fingerprint density at radius 1 is 1.50 bits per heavy atom. The van der Waals surface area contributed by atoms with Gasteiger partial charge < -0.3 is 10.4 Å². The number of rotatable bonds is 6. The van der Waals surface area contributed by atoms with Crippen LogP contribution in [0.2, 0.25) is 0 Å². The lowest BCUT2D eigenvalue weighted by molar-refractivity contribution is 0.0904. The SMILES string of the molecule is CCc1cc(C(=O)NCC(O)CC(C)C)sc1C. The van der Waals surface area contributed by atoms with Crippen LogP contribution < -0.4 is 5.32 Å². The van der Waals surface area contributed by atoms with E-state index in [9.17, 15) is 9.90 Å². The van der Waals surface area contributed by atoms with Crippen LogP contribution in [-0.2, 0) is 6.42 Å². The maximum absolute atomic E-state index is 11.9. The monoisotopic (exact) mass is 269 g/mol. The lowest BCUT2D eigenvalue weighted by atomic mass is 10.1. The van der Waals surface area contributed by atoms with Crippen molar-refractivity contribution in [2.45, 2.75) is 46.6 Å². The molecule has 0 fully saturated rings. The normalized spacial score (nSPS) is 12.8. The third-order valence-electron chi connectivity index (χ3n) is 2.87. The highest BCUT2D eigenvalue weighted by Crippen LogP contribution is 2.21. The molecule has 0 aliphatic rings. The summed E-state index contributed by atoms with van der Waals surface area (Å²) in [7, 11) is 0. The lowest BCUT2D eigenvalue weighted by Gasteiger charge is -2.13. The number of aliphatic hydroxyl groups is 1. The summed E-state index contributed by atoms with van der Waals surface area (Å²) in [5, 5.41) is 12.5. The molecule has 3 nitrogen and oxygen atoms in total. The fourth-order valence-electron chi connectivity index (χ4n) is 1.91. The highest BCUT2D eigenvalue weighted by molar-refractivity contribution is 7.14. The van der Waals surface area contributed by atoms with Gasteiger partial charge in [-0.1, -0.05) is 20.8 Å². The minimum absolute atomic E-state index is 0.0781. The topological polar surface area (TPSA) is 49.3 Å². The van der Waals surface area contributed by atoms with Crippen LogP contribution in [0, 0.1) is 12.8 Å². The van der Waals surface area contributed by atoms with E-state index < -0.39 is 6.10 Å². The van der Waals surface area contributed by atoms with Gasteiger partial charge in [0.15, 0.2) is 0 Å². The molecule has 1 heterocycles. The summed E-state index contributed by atoms with van der Waals surface area (Å²) >= 11 is 1.52. The van der Waals surface area contributed by atoms with Gasteiger partial charge in [0.2, 0.25) is 0 Å². The van der Waals surface area contributed by atoms with Crippen LogP contribution in [0.1, 0.15) is 47.3 Å². The second-order valence-corrected chi connectivity index (χ2v) is 6.30. The van der Waals surface area contributed by atoms with Crippen molar-refractivity contribution in [1.82, 2.24) is 5.32 Å². The molecular weight excluding hydrogens is 246 g/mol. The highest BCUT2D eigenvalue weighted by Gasteiger charge is 2.13. The zero-order valence-corrected chi connectivity index (χ0v) is 12.4. The molecule has 1 unspecified atom stereocenters. The second-order valence-electron chi connectivity index (χ2n) is 5.04. The molecule has 0 saturated carbocycles. The van der Waals surface area contributed by atoms with Gasteiger partial charge in [0.1, 0.15) is 0 Å². The third kappa shape index (κ3) is 4.42. The van der Waals surface area contributed by atoms with Crippen molar-refractivity contribution in [3.63, 3.8) is 0 Å². The Bertz CT molecular complexity index is 398. The Kier molecular flexibility index (Phi) is 5.82. The lowest BCUT2D eigenvalue weighted by Crippen LogP contribution is -2.32. The molecule has 1 amide bonds. The van der Waals surface area contributed by atoms with Gasteiger partial charge in [0, 0.05) is 11.4 Å². The highest BCUT2D eigenvalue weighted by atomic mass is 32.1. The van der Waals surface area contributed by atoms with E-state index in [1.54, 1.807) is 0 Å². The Hall–Kier alpha value is -0.870. The average molecular weight is 269 g/mol. The second kappa shape index (κ2) is 6.90. The minimum atomic E-state index is -0.458. The van der Waals surface area contributed by atoms with Crippen molar-refractivity contribution in [2.75, 3.05) is 6.54 Å². The minimum Gasteiger partial charge on any atom is -0.391 e. The molecule has 1 atom stereocenters. The van der Waals surface area contributed by atoms with Crippen LogP contribution in [-0.4, -0.2) is 23.7 Å². The van der Waals surface area contributed by atoms with Gasteiger partial charge in [0.25, 0.3) is 5.91 Å². The van der Waals surface area contributed by atoms with Crippen LogP contribution in [0.15, 0.2) is 6.07 Å². The van der Waals surface area contributed by atoms with Crippen molar-refractivity contribution < 1.29 is 9.90 Å². The third-order valence-corrected chi connectivity index (χ3v) is 3.96. The van der Waals surface area contributed by atoms with E-state index in [2.05, 4.69) is 26.1 Å². The Balaban J connectivity index is 2.50. The van der Waals surface area contributed by atoms with Gasteiger partial charge >= 0.3 is 0 Å². The van der Waals surface area contributed by atoms with Crippen molar-refractivity contribution in [1.29, 1.82) is 0 Å². The number of amides is 1. The van der Waals surface area contributed by atoms with Gasteiger partial charge in [-0.05, 0) is 37.3 Å². The summed E-state index contributed by atoms with van der Waals surface area (Å²) in [5.74, 6) is 0.359. The van der Waals surface area contributed by atoms with Gasteiger partial charge in [-0.2, -0.15) is 0 Å². The van der Waals surface area contributed by atoms with E-state index >= 15 is 0 Å². The Morgan fingerprint density at radius 2 is 2.17 bits per heavy atom. The summed E-state index contributed by atoms with van der Waals surface area (Å²) in [6.07, 6.45) is 1.20. The molecule has 1 aromatic heterocycles. The summed E-state index contributed by atoms with van der Waals surface area (Å²) in [6.45, 7) is 8.56. The summed E-state index contributed by atoms with van der Waals surface area (Å²) in [5.41, 5.74) is 1.23. The Labute approximate surface area is 113 Å². The first-order chi connectivity index (χ1) is 8.43. The number of hydrogen-bond donors (Lipinski definition) is 2. The molecule has 0 aliphatic carbocycles. The van der Waals surface area contributed by atoms with Crippen LogP contribution >= 0.6 is 11.3 Å². The smallest absolute Gasteiger partial charge is 0.261 e. The first-order valence-electron chi connectivity index (χ1n) is 6.49. The van der Waals surface area contributed by atoms with E-state index in [-0.39, 0.29) is 5.91 Å². The quantitative estimate of drug-likeness (QED) is 0.834. The molecule has 0 aromatic carbocycles. The molecule has 4 heteroatoms. The number of thiophene rings is 1. The summed E-state index contributed by atoms with van der Waals surface area (Å²) in [4.78, 5) is 13.8. The first kappa shape index (κ1) is 15.2. The molecule has 1 aromatic rings. The van der Waals surface area contributed by atoms with Crippen LogP contribution in [0.4, 0.5) is 0 Å². The van der Waals surface area contributed by atoms with E-state index in [1.807, 2.05) is 13.0 Å². The molecule has 0 saturated heterocycles. The van der Waals surface area contributed by atoms with Gasteiger partial charge in [-0.15, -0.1) is 11.3 Å². The first-order valence-corrected chi connectivity index (χ1v) is 7.31. The largest absolute Gasteiger partial charge is 0.391 e. The maximum Gasteiger partial charge on any atom is 0.261 e. The fraction of sp³-hybridized carbons (Fsp3) is 0.643. The van der Waals surface area contributed by atoms with Crippen molar-refractivity contribution in [3.05, 3.63) is 21.4 Å². The molecule has 18 heavy (non-hydrogen) atoms. The van der Waals surface area contributed by atoms with Crippen molar-refractivity contribution in [3.8, 4) is 0 Å². The van der Waals surface area contributed by atoms with Crippen LogP contribution in [0.5, 0.6) is 0 Å². The van der Waals surface area contributed by atoms with Gasteiger partial charge in [-0.25, -0.2) is 0 Å². The molecule has 0 spiro atoms. The predicted molar refractivity (Wildman–Crippen MR) is 76.2 cm³/mol. The molecule has 0 aliphatic heterocycles. The van der Waals surface area contributed by atoms with Gasteiger partial charge in [0.05, 0.1) is 11.0 Å². The van der Waals surface area contributed by atoms with E-state index in [1.165, 1.54) is 21.8 Å². The predicted octanol–water partition coefficient (Wildman–Crippen LogP) is 2.76. The van der Waals surface area contributed by atoms with Crippen molar-refractivity contribution >= 4 is 17.2 Å². The number of hydrogen-bond acceptors (Lipinski definition) is 3. The number of carbonyl (C=O) groups excluding carboxylic acids is 1. The standard InChI is InChI=1S/C14H23NO2S/c1-5-11-7-13(18-10(11)4)14(17)15-8-12(16)6-9(2)3/h7,9,12,16H,5-6,8H2,1-4H3,(H,15,17). The van der Waals surface area contributed by atoms with E-state index in [0.29, 0.717) is 18.9 Å². The van der Waals surface area contributed by atoms with E-state index in [4.69, 9.17) is 0 Å². The number of carbonyl (C=O) groups is 1. The number of nitrogens with one attached hydrogen (secondary N) is 1. The zero-order chi connectivity index (χ0) is 13.7.